The van der Waals surface area contributed by atoms with Crippen molar-refractivity contribution in [3.05, 3.63) is 18.0 Å². The summed E-state index contributed by atoms with van der Waals surface area (Å²) in [5.41, 5.74) is 1.30. The van der Waals surface area contributed by atoms with Crippen LogP contribution in [0.4, 0.5) is 0 Å². The molecule has 1 N–H and O–H groups in total. The van der Waals surface area contributed by atoms with E-state index in [1.165, 1.54) is 19.3 Å². The molecule has 0 amide bonds. The predicted molar refractivity (Wildman–Crippen MR) is 87.3 cm³/mol. The molecule has 1 aromatic rings. The maximum absolute atomic E-state index is 10.7. The number of aliphatic hydroxyl groups is 1. The number of aliphatic hydroxyl groups excluding tert-OH is 1. The molecule has 2 rings (SSSR count). The molecule has 21 heavy (non-hydrogen) atoms. The van der Waals surface area contributed by atoms with Gasteiger partial charge in [0, 0.05) is 12.6 Å². The van der Waals surface area contributed by atoms with Crippen LogP contribution in [0.25, 0.3) is 0 Å². The van der Waals surface area contributed by atoms with E-state index in [1.54, 1.807) is 0 Å². The lowest BCUT2D eigenvalue weighted by Gasteiger charge is -2.41. The Morgan fingerprint density at radius 2 is 2.05 bits per heavy atom. The monoisotopic (exact) mass is 292 g/mol. The van der Waals surface area contributed by atoms with Crippen LogP contribution in [0.5, 0.6) is 0 Å². The summed E-state index contributed by atoms with van der Waals surface area (Å²) >= 11 is 0. The highest BCUT2D eigenvalue weighted by Crippen LogP contribution is 2.42. The Labute approximate surface area is 129 Å². The van der Waals surface area contributed by atoms with Crippen molar-refractivity contribution < 1.29 is 5.11 Å². The van der Waals surface area contributed by atoms with E-state index < -0.39 is 0 Å². The molecule has 0 spiro atoms. The van der Waals surface area contributed by atoms with Gasteiger partial charge in [0.1, 0.15) is 0 Å². The van der Waals surface area contributed by atoms with Gasteiger partial charge in [-0.05, 0) is 43.1 Å². The predicted octanol–water partition coefficient (Wildman–Crippen LogP) is 4.36. The fraction of sp³-hybridized carbons (Fsp3) is 0.833. The second-order valence-electron chi connectivity index (χ2n) is 7.37. The third-order valence-electron chi connectivity index (χ3n) is 5.45. The first-order chi connectivity index (χ1) is 9.97. The zero-order chi connectivity index (χ0) is 15.5. The maximum Gasteiger partial charge on any atom is 0.0650 e. The largest absolute Gasteiger partial charge is 0.392 e. The van der Waals surface area contributed by atoms with E-state index in [9.17, 15) is 5.11 Å². The third-order valence-corrected chi connectivity index (χ3v) is 5.45. The molecule has 120 valence electrons. The van der Waals surface area contributed by atoms with Crippen molar-refractivity contribution in [2.75, 3.05) is 0 Å². The fourth-order valence-corrected chi connectivity index (χ4v) is 3.94. The Morgan fingerprint density at radius 1 is 1.33 bits per heavy atom. The van der Waals surface area contributed by atoms with Crippen LogP contribution in [0.15, 0.2) is 12.3 Å². The molecule has 1 aliphatic rings. The van der Waals surface area contributed by atoms with Crippen LogP contribution in [0, 0.1) is 11.3 Å². The van der Waals surface area contributed by atoms with E-state index in [0.717, 1.165) is 25.0 Å². The first-order valence-corrected chi connectivity index (χ1v) is 8.70. The summed E-state index contributed by atoms with van der Waals surface area (Å²) in [7, 11) is 0. The average molecular weight is 292 g/mol. The smallest absolute Gasteiger partial charge is 0.0650 e. The third kappa shape index (κ3) is 3.88. The van der Waals surface area contributed by atoms with E-state index in [0.29, 0.717) is 18.4 Å². The van der Waals surface area contributed by atoms with Gasteiger partial charge in [0.15, 0.2) is 0 Å². The van der Waals surface area contributed by atoms with Crippen LogP contribution < -0.4 is 0 Å². The quantitative estimate of drug-likeness (QED) is 0.845. The number of hydrogen-bond donors (Lipinski definition) is 1. The molecule has 0 aliphatic heterocycles. The van der Waals surface area contributed by atoms with Gasteiger partial charge < -0.3 is 5.11 Å². The van der Waals surface area contributed by atoms with Gasteiger partial charge in [-0.3, -0.25) is 4.68 Å². The van der Waals surface area contributed by atoms with Crippen LogP contribution >= 0.6 is 0 Å². The standard InChI is InChI=1S/C18H32N2O/c1-5-15(6-2)20-12-10-14(19-20)13-17(21)16-9-7-8-11-18(16,3)4/h10,12,15-17,21H,5-9,11,13H2,1-4H3. The molecule has 2 atom stereocenters. The summed E-state index contributed by atoms with van der Waals surface area (Å²) in [5.74, 6) is 0.407. The Morgan fingerprint density at radius 3 is 2.67 bits per heavy atom. The van der Waals surface area contributed by atoms with Crippen molar-refractivity contribution in [2.24, 2.45) is 11.3 Å². The van der Waals surface area contributed by atoms with E-state index in [1.807, 2.05) is 0 Å². The van der Waals surface area contributed by atoms with E-state index in [-0.39, 0.29) is 11.5 Å². The normalized spacial score (nSPS) is 23.4. The molecule has 2 unspecified atom stereocenters. The van der Waals surface area contributed by atoms with Crippen LogP contribution in [0.1, 0.15) is 78.0 Å². The molecule has 0 radical (unpaired) electrons. The molecular formula is C18H32N2O. The molecule has 3 nitrogen and oxygen atoms in total. The number of rotatable bonds is 6. The molecule has 0 aromatic carbocycles. The molecule has 3 heteroatoms. The Hall–Kier alpha value is -0.830. The Kier molecular flexibility index (Phi) is 5.48. The molecule has 1 fully saturated rings. The summed E-state index contributed by atoms with van der Waals surface area (Å²) < 4.78 is 2.08. The summed E-state index contributed by atoms with van der Waals surface area (Å²) in [4.78, 5) is 0. The number of hydrogen-bond acceptors (Lipinski definition) is 2. The second-order valence-corrected chi connectivity index (χ2v) is 7.37. The first-order valence-electron chi connectivity index (χ1n) is 8.70. The van der Waals surface area contributed by atoms with Crippen molar-refractivity contribution in [3.63, 3.8) is 0 Å². The molecule has 1 aromatic heterocycles. The summed E-state index contributed by atoms with van der Waals surface area (Å²) in [6.45, 7) is 9.02. The SMILES string of the molecule is CCC(CC)n1ccc(CC(O)C2CCCCC2(C)C)n1. The van der Waals surface area contributed by atoms with Gasteiger partial charge in [0.05, 0.1) is 17.8 Å². The molecule has 0 saturated heterocycles. The van der Waals surface area contributed by atoms with Gasteiger partial charge in [-0.1, -0.05) is 40.5 Å². The van der Waals surface area contributed by atoms with Gasteiger partial charge in [0.2, 0.25) is 0 Å². The summed E-state index contributed by atoms with van der Waals surface area (Å²) in [6.07, 6.45) is 9.68. The number of nitrogens with zero attached hydrogens (tertiary/aromatic N) is 2. The fourth-order valence-electron chi connectivity index (χ4n) is 3.94. The zero-order valence-corrected chi connectivity index (χ0v) is 14.2. The zero-order valence-electron chi connectivity index (χ0n) is 14.2. The Bertz CT molecular complexity index is 434. The highest BCUT2D eigenvalue weighted by molar-refractivity contribution is 5.03. The molecule has 1 saturated carbocycles. The van der Waals surface area contributed by atoms with E-state index >= 15 is 0 Å². The highest BCUT2D eigenvalue weighted by Gasteiger charge is 2.36. The van der Waals surface area contributed by atoms with E-state index in [4.69, 9.17) is 5.10 Å². The van der Waals surface area contributed by atoms with Crippen molar-refractivity contribution in [2.45, 2.75) is 84.8 Å². The van der Waals surface area contributed by atoms with Crippen LogP contribution in [0.2, 0.25) is 0 Å². The van der Waals surface area contributed by atoms with Crippen LogP contribution in [-0.4, -0.2) is 21.0 Å². The van der Waals surface area contributed by atoms with Crippen molar-refractivity contribution in [1.82, 2.24) is 9.78 Å². The van der Waals surface area contributed by atoms with Crippen molar-refractivity contribution in [3.8, 4) is 0 Å². The van der Waals surface area contributed by atoms with Crippen molar-refractivity contribution >= 4 is 0 Å². The van der Waals surface area contributed by atoms with Gasteiger partial charge in [0.25, 0.3) is 0 Å². The topological polar surface area (TPSA) is 38.0 Å². The lowest BCUT2D eigenvalue weighted by atomic mass is 9.66. The highest BCUT2D eigenvalue weighted by atomic mass is 16.3. The van der Waals surface area contributed by atoms with E-state index in [2.05, 4.69) is 44.6 Å². The van der Waals surface area contributed by atoms with Crippen molar-refractivity contribution in [1.29, 1.82) is 0 Å². The van der Waals surface area contributed by atoms with Gasteiger partial charge in [-0.2, -0.15) is 5.10 Å². The number of aromatic nitrogens is 2. The lowest BCUT2D eigenvalue weighted by molar-refractivity contribution is 0.00522. The molecule has 1 aliphatic carbocycles. The Balaban J connectivity index is 2.01. The van der Waals surface area contributed by atoms with Crippen LogP contribution in [0.3, 0.4) is 0 Å². The minimum atomic E-state index is -0.259. The van der Waals surface area contributed by atoms with Gasteiger partial charge in [-0.25, -0.2) is 0 Å². The maximum atomic E-state index is 10.7. The molecule has 0 bridgehead atoms. The summed E-state index contributed by atoms with van der Waals surface area (Å²) in [6, 6.07) is 2.57. The molecular weight excluding hydrogens is 260 g/mol. The minimum absolute atomic E-state index is 0.259. The second kappa shape index (κ2) is 6.95. The lowest BCUT2D eigenvalue weighted by Crippen LogP contribution is -2.38. The first kappa shape index (κ1) is 16.5. The van der Waals surface area contributed by atoms with Gasteiger partial charge in [-0.15, -0.1) is 0 Å². The average Bonchev–Trinajstić information content (AvgIpc) is 2.88. The van der Waals surface area contributed by atoms with Gasteiger partial charge >= 0.3 is 0 Å². The minimum Gasteiger partial charge on any atom is -0.392 e. The summed E-state index contributed by atoms with van der Waals surface area (Å²) in [5, 5.41) is 15.4. The van der Waals surface area contributed by atoms with Crippen LogP contribution in [-0.2, 0) is 6.42 Å². The molecule has 1 heterocycles.